The van der Waals surface area contributed by atoms with E-state index in [4.69, 9.17) is 11.6 Å². The van der Waals surface area contributed by atoms with Gasteiger partial charge in [-0.2, -0.15) is 4.31 Å². The van der Waals surface area contributed by atoms with Gasteiger partial charge in [-0.1, -0.05) is 0 Å². The summed E-state index contributed by atoms with van der Waals surface area (Å²) in [5, 5.41) is 0. The molecule has 114 valence electrons. The molecule has 0 radical (unpaired) electrons. The Morgan fingerprint density at radius 2 is 1.80 bits per heavy atom. The van der Waals surface area contributed by atoms with Gasteiger partial charge in [-0.15, -0.1) is 11.6 Å². The fourth-order valence-electron chi connectivity index (χ4n) is 1.69. The summed E-state index contributed by atoms with van der Waals surface area (Å²) >= 11 is 5.65. The first-order valence-electron chi connectivity index (χ1n) is 6.16. The maximum atomic E-state index is 13.7. The molecule has 20 heavy (non-hydrogen) atoms. The molecule has 0 unspecified atom stereocenters. The predicted octanol–water partition coefficient (Wildman–Crippen LogP) is 2.06. The highest BCUT2D eigenvalue weighted by Crippen LogP contribution is 2.22. The smallest absolute Gasteiger partial charge is 0.242 e. The summed E-state index contributed by atoms with van der Waals surface area (Å²) in [4.78, 5) is 1.97. The van der Waals surface area contributed by atoms with E-state index in [9.17, 15) is 12.8 Å². The van der Waals surface area contributed by atoms with Gasteiger partial charge in [0.05, 0.1) is 10.8 Å². The van der Waals surface area contributed by atoms with Gasteiger partial charge >= 0.3 is 0 Å². The average molecular weight is 323 g/mol. The number of hydrogen-bond donors (Lipinski definition) is 0. The molecule has 0 saturated heterocycles. The van der Waals surface area contributed by atoms with E-state index in [1.807, 2.05) is 19.0 Å². The summed E-state index contributed by atoms with van der Waals surface area (Å²) in [7, 11) is 1.62. The lowest BCUT2D eigenvalue weighted by Gasteiger charge is -2.20. The molecular weight excluding hydrogens is 303 g/mol. The number of aryl methyl sites for hydroxylation is 1. The van der Waals surface area contributed by atoms with Crippen LogP contribution in [0.5, 0.6) is 0 Å². The molecular formula is C13H20ClFN2O2S. The van der Waals surface area contributed by atoms with Crippen molar-refractivity contribution >= 4 is 21.6 Å². The van der Waals surface area contributed by atoms with Gasteiger partial charge in [0.1, 0.15) is 5.82 Å². The molecule has 4 nitrogen and oxygen atoms in total. The van der Waals surface area contributed by atoms with Crippen molar-refractivity contribution < 1.29 is 12.8 Å². The molecule has 0 spiro atoms. The lowest BCUT2D eigenvalue weighted by Crippen LogP contribution is -2.33. The Hall–Kier alpha value is -0.690. The van der Waals surface area contributed by atoms with Gasteiger partial charge < -0.3 is 4.90 Å². The van der Waals surface area contributed by atoms with E-state index in [0.29, 0.717) is 13.1 Å². The molecule has 0 saturated carbocycles. The SMILES string of the molecule is Cc1cc(S(=O)(=O)N(C)CCN(C)C)cc(CCl)c1F. The monoisotopic (exact) mass is 322 g/mol. The second-order valence-electron chi connectivity index (χ2n) is 4.98. The van der Waals surface area contributed by atoms with Crippen molar-refractivity contribution in [2.24, 2.45) is 0 Å². The first kappa shape index (κ1) is 17.4. The van der Waals surface area contributed by atoms with E-state index in [2.05, 4.69) is 0 Å². The van der Waals surface area contributed by atoms with Crippen molar-refractivity contribution in [1.29, 1.82) is 0 Å². The molecule has 0 aromatic heterocycles. The van der Waals surface area contributed by atoms with Crippen LogP contribution in [0.1, 0.15) is 11.1 Å². The zero-order valence-corrected chi connectivity index (χ0v) is 13.7. The maximum Gasteiger partial charge on any atom is 0.242 e. The van der Waals surface area contributed by atoms with Crippen LogP contribution in [-0.4, -0.2) is 51.9 Å². The van der Waals surface area contributed by atoms with Crippen LogP contribution >= 0.6 is 11.6 Å². The first-order valence-corrected chi connectivity index (χ1v) is 8.13. The van der Waals surface area contributed by atoms with Crippen molar-refractivity contribution in [3.05, 3.63) is 29.1 Å². The third-order valence-corrected chi connectivity index (χ3v) is 5.14. The molecule has 0 heterocycles. The normalized spacial score (nSPS) is 12.4. The average Bonchev–Trinajstić information content (AvgIpc) is 2.38. The number of likely N-dealkylation sites (N-methyl/N-ethyl adjacent to an activating group) is 2. The van der Waals surface area contributed by atoms with E-state index < -0.39 is 15.8 Å². The maximum absolute atomic E-state index is 13.7. The summed E-state index contributed by atoms with van der Waals surface area (Å²) in [6.45, 7) is 2.50. The van der Waals surface area contributed by atoms with Gasteiger partial charge in [-0.25, -0.2) is 12.8 Å². The minimum Gasteiger partial charge on any atom is -0.308 e. The van der Waals surface area contributed by atoms with Gasteiger partial charge in [0, 0.05) is 25.7 Å². The molecule has 1 aromatic carbocycles. The zero-order chi connectivity index (χ0) is 15.5. The molecule has 0 amide bonds. The number of halogens is 2. The summed E-state index contributed by atoms with van der Waals surface area (Å²) in [5.41, 5.74) is 0.481. The molecule has 0 atom stereocenters. The third-order valence-electron chi connectivity index (χ3n) is 3.02. The predicted molar refractivity (Wildman–Crippen MR) is 79.1 cm³/mol. The third kappa shape index (κ3) is 3.91. The van der Waals surface area contributed by atoms with Crippen molar-refractivity contribution in [1.82, 2.24) is 9.21 Å². The number of sulfonamides is 1. The minimum absolute atomic E-state index is 0.0581. The summed E-state index contributed by atoms with van der Waals surface area (Å²) in [6, 6.07) is 2.64. The summed E-state index contributed by atoms with van der Waals surface area (Å²) < 4.78 is 39.8. The van der Waals surface area contributed by atoms with Crippen LogP contribution in [0.4, 0.5) is 4.39 Å². The molecule has 0 aliphatic rings. The molecule has 0 bridgehead atoms. The summed E-state index contributed by atoms with van der Waals surface area (Å²) in [5.74, 6) is -0.507. The standard InChI is InChI=1S/C13H20ClFN2O2S/c1-10-7-12(8-11(9-14)13(10)15)20(18,19)17(4)6-5-16(2)3/h7-8H,5-6,9H2,1-4H3. The van der Waals surface area contributed by atoms with Crippen LogP contribution in [0, 0.1) is 12.7 Å². The second-order valence-corrected chi connectivity index (χ2v) is 7.29. The first-order chi connectivity index (χ1) is 9.20. The number of alkyl halides is 1. The van der Waals surface area contributed by atoms with Crippen LogP contribution in [0.15, 0.2) is 17.0 Å². The Labute approximate surface area is 125 Å². The minimum atomic E-state index is -3.63. The Bertz CT molecular complexity index is 576. The van der Waals surface area contributed by atoms with Crippen LogP contribution in [-0.2, 0) is 15.9 Å². The molecule has 0 fully saturated rings. The van der Waals surface area contributed by atoms with E-state index >= 15 is 0 Å². The number of rotatable bonds is 6. The summed E-state index contributed by atoms with van der Waals surface area (Å²) in [6.07, 6.45) is 0. The van der Waals surface area contributed by atoms with Crippen molar-refractivity contribution in [2.75, 3.05) is 34.2 Å². The van der Waals surface area contributed by atoms with Gasteiger partial charge in [0.15, 0.2) is 0 Å². The zero-order valence-electron chi connectivity index (χ0n) is 12.2. The van der Waals surface area contributed by atoms with Crippen LogP contribution in [0.25, 0.3) is 0 Å². The Morgan fingerprint density at radius 1 is 1.20 bits per heavy atom. The molecule has 1 aromatic rings. The molecule has 0 N–H and O–H groups in total. The van der Waals surface area contributed by atoms with E-state index in [1.54, 1.807) is 0 Å². The molecule has 0 aliphatic carbocycles. The topological polar surface area (TPSA) is 40.6 Å². The van der Waals surface area contributed by atoms with Gasteiger partial charge in [-0.05, 0) is 38.7 Å². The van der Waals surface area contributed by atoms with Crippen molar-refractivity contribution in [3.8, 4) is 0 Å². The molecule has 1 rings (SSSR count). The quantitative estimate of drug-likeness (QED) is 0.753. The van der Waals surface area contributed by atoms with Crippen molar-refractivity contribution in [3.63, 3.8) is 0 Å². The number of nitrogens with zero attached hydrogens (tertiary/aromatic N) is 2. The highest BCUT2D eigenvalue weighted by atomic mass is 35.5. The fourth-order valence-corrected chi connectivity index (χ4v) is 3.19. The van der Waals surface area contributed by atoms with Crippen LogP contribution < -0.4 is 0 Å². The lowest BCUT2D eigenvalue weighted by atomic mass is 10.1. The van der Waals surface area contributed by atoms with E-state index in [1.165, 1.54) is 30.4 Å². The lowest BCUT2D eigenvalue weighted by molar-refractivity contribution is 0.358. The number of benzene rings is 1. The largest absolute Gasteiger partial charge is 0.308 e. The Morgan fingerprint density at radius 3 is 2.30 bits per heavy atom. The highest BCUT2D eigenvalue weighted by Gasteiger charge is 2.22. The van der Waals surface area contributed by atoms with Crippen LogP contribution in [0.3, 0.4) is 0 Å². The highest BCUT2D eigenvalue weighted by molar-refractivity contribution is 7.89. The fraction of sp³-hybridized carbons (Fsp3) is 0.538. The Balaban J connectivity index is 3.12. The van der Waals surface area contributed by atoms with E-state index in [-0.39, 0.29) is 21.9 Å². The van der Waals surface area contributed by atoms with Crippen molar-refractivity contribution in [2.45, 2.75) is 17.7 Å². The molecule has 7 heteroatoms. The molecule has 0 aliphatic heterocycles. The number of hydrogen-bond acceptors (Lipinski definition) is 3. The van der Waals surface area contributed by atoms with Gasteiger partial charge in [0.2, 0.25) is 10.0 Å². The Kier molecular flexibility index (Phi) is 5.94. The second kappa shape index (κ2) is 6.85. The van der Waals surface area contributed by atoms with Gasteiger partial charge in [0.25, 0.3) is 0 Å². The van der Waals surface area contributed by atoms with Crippen LogP contribution in [0.2, 0.25) is 0 Å². The van der Waals surface area contributed by atoms with Gasteiger partial charge in [-0.3, -0.25) is 0 Å². The van der Waals surface area contributed by atoms with E-state index in [0.717, 1.165) is 0 Å².